The second-order valence-electron chi connectivity index (χ2n) is 4.00. The zero-order valence-electron chi connectivity index (χ0n) is 9.98. The summed E-state index contributed by atoms with van der Waals surface area (Å²) in [6.07, 6.45) is 0. The van der Waals surface area contributed by atoms with Crippen LogP contribution in [0.15, 0.2) is 40.9 Å². The third-order valence-corrected chi connectivity index (χ3v) is 3.56. The maximum Gasteiger partial charge on any atom is 0.311 e. The monoisotopic (exact) mass is 340 g/mol. The molecule has 0 aliphatic heterocycles. The number of hydrogen-bond donors (Lipinski definition) is 1. The van der Waals surface area contributed by atoms with E-state index in [1.165, 1.54) is 6.07 Å². The third kappa shape index (κ3) is 3.05. The zero-order valence-corrected chi connectivity index (χ0v) is 12.3. The highest BCUT2D eigenvalue weighted by atomic mass is 79.9. The standard InChI is InChI=1S/C13H10BrClN2O2/c1-8-5-6-9(14)12(7-8)16-11-4-2-3-10(15)13(11)17(18)19/h2-7,16H,1H3. The number of hydrogen-bond acceptors (Lipinski definition) is 3. The molecule has 0 spiro atoms. The van der Waals surface area contributed by atoms with Crippen LogP contribution in [0.25, 0.3) is 0 Å². The Bertz CT molecular complexity index is 647. The number of aryl methyl sites for hydroxylation is 1. The molecule has 0 saturated carbocycles. The van der Waals surface area contributed by atoms with Crippen LogP contribution in [0.2, 0.25) is 5.02 Å². The van der Waals surface area contributed by atoms with Gasteiger partial charge in [-0.25, -0.2) is 0 Å². The molecular formula is C13H10BrClN2O2. The number of nitro benzene ring substituents is 1. The molecule has 0 radical (unpaired) electrons. The van der Waals surface area contributed by atoms with Gasteiger partial charge in [0.15, 0.2) is 0 Å². The summed E-state index contributed by atoms with van der Waals surface area (Å²) in [5.74, 6) is 0. The Kier molecular flexibility index (Phi) is 4.07. The van der Waals surface area contributed by atoms with E-state index in [0.29, 0.717) is 5.69 Å². The molecule has 19 heavy (non-hydrogen) atoms. The molecule has 6 heteroatoms. The van der Waals surface area contributed by atoms with Gasteiger partial charge in [0, 0.05) is 4.47 Å². The average Bonchev–Trinajstić information content (AvgIpc) is 2.33. The smallest absolute Gasteiger partial charge is 0.311 e. The Labute approximate surface area is 123 Å². The molecule has 0 heterocycles. The molecular weight excluding hydrogens is 332 g/mol. The summed E-state index contributed by atoms with van der Waals surface area (Å²) in [5, 5.41) is 14.2. The second kappa shape index (κ2) is 5.59. The molecule has 0 amide bonds. The first-order chi connectivity index (χ1) is 8.99. The van der Waals surface area contributed by atoms with Gasteiger partial charge < -0.3 is 5.32 Å². The first kappa shape index (κ1) is 13.8. The largest absolute Gasteiger partial charge is 0.349 e. The molecule has 2 aromatic rings. The molecule has 98 valence electrons. The van der Waals surface area contributed by atoms with Gasteiger partial charge in [0.25, 0.3) is 0 Å². The fourth-order valence-corrected chi connectivity index (χ4v) is 2.27. The highest BCUT2D eigenvalue weighted by Crippen LogP contribution is 2.36. The number of nitro groups is 1. The molecule has 2 rings (SSSR count). The normalized spacial score (nSPS) is 10.3. The van der Waals surface area contributed by atoms with Crippen molar-refractivity contribution in [3.8, 4) is 0 Å². The summed E-state index contributed by atoms with van der Waals surface area (Å²) >= 11 is 9.27. The number of rotatable bonds is 3. The molecule has 0 atom stereocenters. The predicted octanol–water partition coefficient (Wildman–Crippen LogP) is 5.06. The van der Waals surface area contributed by atoms with E-state index in [-0.39, 0.29) is 10.7 Å². The number of para-hydroxylation sites is 1. The van der Waals surface area contributed by atoms with Crippen LogP contribution in [0.3, 0.4) is 0 Å². The highest BCUT2D eigenvalue weighted by molar-refractivity contribution is 9.10. The van der Waals surface area contributed by atoms with Crippen molar-refractivity contribution in [3.63, 3.8) is 0 Å². The van der Waals surface area contributed by atoms with Crippen molar-refractivity contribution in [1.29, 1.82) is 0 Å². The van der Waals surface area contributed by atoms with Crippen LogP contribution < -0.4 is 5.32 Å². The second-order valence-corrected chi connectivity index (χ2v) is 5.26. The van der Waals surface area contributed by atoms with E-state index in [1.54, 1.807) is 12.1 Å². The van der Waals surface area contributed by atoms with Gasteiger partial charge in [-0.3, -0.25) is 10.1 Å². The third-order valence-electron chi connectivity index (χ3n) is 2.56. The minimum absolute atomic E-state index is 0.110. The molecule has 4 nitrogen and oxygen atoms in total. The Morgan fingerprint density at radius 1 is 1.26 bits per heavy atom. The molecule has 1 N–H and O–H groups in total. The van der Waals surface area contributed by atoms with Crippen molar-refractivity contribution in [3.05, 3.63) is 61.6 Å². The molecule has 0 bridgehead atoms. The van der Waals surface area contributed by atoms with Gasteiger partial charge in [-0.2, -0.15) is 0 Å². The van der Waals surface area contributed by atoms with Crippen molar-refractivity contribution >= 4 is 44.6 Å². The summed E-state index contributed by atoms with van der Waals surface area (Å²) in [6.45, 7) is 1.95. The number of nitrogens with zero attached hydrogens (tertiary/aromatic N) is 1. The molecule has 0 saturated heterocycles. The van der Waals surface area contributed by atoms with Crippen LogP contribution in [0.4, 0.5) is 17.1 Å². The lowest BCUT2D eigenvalue weighted by molar-refractivity contribution is -0.383. The Morgan fingerprint density at radius 3 is 2.68 bits per heavy atom. The fourth-order valence-electron chi connectivity index (χ4n) is 1.68. The molecule has 0 aliphatic carbocycles. The van der Waals surface area contributed by atoms with Crippen LogP contribution in [0.1, 0.15) is 5.56 Å². The van der Waals surface area contributed by atoms with Gasteiger partial charge in [0.1, 0.15) is 10.7 Å². The lowest BCUT2D eigenvalue weighted by atomic mass is 10.2. The summed E-state index contributed by atoms with van der Waals surface area (Å²) in [5.41, 5.74) is 2.04. The van der Waals surface area contributed by atoms with Gasteiger partial charge in [-0.1, -0.05) is 23.7 Å². The zero-order chi connectivity index (χ0) is 14.0. The van der Waals surface area contributed by atoms with E-state index < -0.39 is 4.92 Å². The quantitative estimate of drug-likeness (QED) is 0.627. The topological polar surface area (TPSA) is 55.2 Å². The van der Waals surface area contributed by atoms with Gasteiger partial charge >= 0.3 is 5.69 Å². The van der Waals surface area contributed by atoms with Gasteiger partial charge in [-0.05, 0) is 52.7 Å². The molecule has 0 unspecified atom stereocenters. The van der Waals surface area contributed by atoms with E-state index >= 15 is 0 Å². The fraction of sp³-hybridized carbons (Fsp3) is 0.0769. The van der Waals surface area contributed by atoms with Gasteiger partial charge in [-0.15, -0.1) is 0 Å². The van der Waals surface area contributed by atoms with E-state index in [4.69, 9.17) is 11.6 Å². The summed E-state index contributed by atoms with van der Waals surface area (Å²) < 4.78 is 0.826. The SMILES string of the molecule is Cc1ccc(Br)c(Nc2cccc(Cl)c2[N+](=O)[O-])c1. The van der Waals surface area contributed by atoms with E-state index in [0.717, 1.165) is 15.7 Å². The van der Waals surface area contributed by atoms with Gasteiger partial charge in [0.2, 0.25) is 0 Å². The van der Waals surface area contributed by atoms with Crippen molar-refractivity contribution < 1.29 is 4.92 Å². The van der Waals surface area contributed by atoms with Crippen LogP contribution in [-0.4, -0.2) is 4.92 Å². The van der Waals surface area contributed by atoms with Gasteiger partial charge in [0.05, 0.1) is 10.6 Å². The number of nitrogens with one attached hydrogen (secondary N) is 1. The maximum atomic E-state index is 11.1. The average molecular weight is 342 g/mol. The van der Waals surface area contributed by atoms with Crippen molar-refractivity contribution in [2.75, 3.05) is 5.32 Å². The Balaban J connectivity index is 2.46. The van der Waals surface area contributed by atoms with E-state index in [2.05, 4.69) is 21.2 Å². The number of benzene rings is 2. The van der Waals surface area contributed by atoms with E-state index in [9.17, 15) is 10.1 Å². The minimum atomic E-state index is -0.492. The lowest BCUT2D eigenvalue weighted by Crippen LogP contribution is -1.98. The first-order valence-corrected chi connectivity index (χ1v) is 6.62. The van der Waals surface area contributed by atoms with Crippen molar-refractivity contribution in [2.24, 2.45) is 0 Å². The molecule has 2 aromatic carbocycles. The van der Waals surface area contributed by atoms with Crippen LogP contribution >= 0.6 is 27.5 Å². The Hall–Kier alpha value is -1.59. The summed E-state index contributed by atoms with van der Waals surface area (Å²) in [6, 6.07) is 10.5. The lowest BCUT2D eigenvalue weighted by Gasteiger charge is -2.10. The first-order valence-electron chi connectivity index (χ1n) is 5.45. The number of halogens is 2. The summed E-state index contributed by atoms with van der Waals surface area (Å²) in [7, 11) is 0. The Morgan fingerprint density at radius 2 is 2.00 bits per heavy atom. The maximum absolute atomic E-state index is 11.1. The molecule has 0 aliphatic rings. The van der Waals surface area contributed by atoms with Crippen molar-refractivity contribution in [1.82, 2.24) is 0 Å². The highest BCUT2D eigenvalue weighted by Gasteiger charge is 2.18. The molecule has 0 fully saturated rings. The minimum Gasteiger partial charge on any atom is -0.349 e. The summed E-state index contributed by atoms with van der Waals surface area (Å²) in [4.78, 5) is 10.6. The van der Waals surface area contributed by atoms with Crippen LogP contribution in [0.5, 0.6) is 0 Å². The van der Waals surface area contributed by atoms with Crippen LogP contribution in [0, 0.1) is 17.0 Å². The van der Waals surface area contributed by atoms with Crippen LogP contribution in [-0.2, 0) is 0 Å². The molecule has 0 aromatic heterocycles. The van der Waals surface area contributed by atoms with E-state index in [1.807, 2.05) is 25.1 Å². The van der Waals surface area contributed by atoms with Crippen molar-refractivity contribution in [2.45, 2.75) is 6.92 Å². The number of anilines is 2. The predicted molar refractivity (Wildman–Crippen MR) is 80.3 cm³/mol.